The van der Waals surface area contributed by atoms with Gasteiger partial charge in [0, 0.05) is 29.8 Å². The molecular formula is C28H32F3N5O4. The summed E-state index contributed by atoms with van der Waals surface area (Å²) < 4.78 is 46.8. The van der Waals surface area contributed by atoms with Crippen LogP contribution in [0.25, 0.3) is 22.3 Å². The van der Waals surface area contributed by atoms with Crippen molar-refractivity contribution in [2.45, 2.75) is 58.9 Å². The van der Waals surface area contributed by atoms with Crippen LogP contribution < -0.4 is 10.1 Å². The Bertz CT molecular complexity index is 1460. The van der Waals surface area contributed by atoms with E-state index < -0.39 is 41.1 Å². The number of alkyl halides is 3. The summed E-state index contributed by atoms with van der Waals surface area (Å²) in [6, 6.07) is 2.90. The van der Waals surface area contributed by atoms with Gasteiger partial charge in [-0.1, -0.05) is 13.8 Å². The van der Waals surface area contributed by atoms with Gasteiger partial charge in [-0.15, -0.1) is 0 Å². The molecule has 1 saturated carbocycles. The maximum atomic E-state index is 13.6. The number of hydrogen-bond acceptors (Lipinski definition) is 6. The second-order valence-corrected chi connectivity index (χ2v) is 11.4. The van der Waals surface area contributed by atoms with Gasteiger partial charge in [0.2, 0.25) is 0 Å². The van der Waals surface area contributed by atoms with Gasteiger partial charge in [-0.05, 0) is 50.8 Å². The smallest absolute Gasteiger partial charge is 0.416 e. The van der Waals surface area contributed by atoms with Gasteiger partial charge in [0.05, 0.1) is 29.3 Å². The lowest BCUT2D eigenvalue weighted by Crippen LogP contribution is -2.44. The Balaban J connectivity index is 1.50. The van der Waals surface area contributed by atoms with Crippen LogP contribution in [0.5, 0.6) is 5.75 Å². The average Bonchev–Trinajstić information content (AvgIpc) is 3.57. The number of carbonyl (C=O) groups is 2. The third-order valence-corrected chi connectivity index (χ3v) is 7.65. The number of H-pyrrole nitrogens is 1. The fourth-order valence-corrected chi connectivity index (χ4v) is 5.15. The first kappa shape index (κ1) is 27.9. The van der Waals surface area contributed by atoms with Crippen molar-refractivity contribution in [1.82, 2.24) is 25.2 Å². The highest BCUT2D eigenvalue weighted by atomic mass is 19.4. The number of rotatable bonds is 7. The minimum absolute atomic E-state index is 0.153. The predicted octanol–water partition coefficient (Wildman–Crippen LogP) is 4.09. The molecule has 40 heavy (non-hydrogen) atoms. The molecule has 2 aromatic heterocycles. The summed E-state index contributed by atoms with van der Waals surface area (Å²) in [5.41, 5.74) is 0.326. The zero-order valence-corrected chi connectivity index (χ0v) is 22.7. The van der Waals surface area contributed by atoms with Crippen molar-refractivity contribution >= 4 is 22.8 Å². The third kappa shape index (κ3) is 5.36. The number of aryl methyl sites for hydroxylation is 1. The monoisotopic (exact) mass is 559 g/mol. The molecule has 0 radical (unpaired) electrons. The van der Waals surface area contributed by atoms with Crippen LogP contribution in [0.1, 0.15) is 55.2 Å². The summed E-state index contributed by atoms with van der Waals surface area (Å²) in [7, 11) is 0. The van der Waals surface area contributed by atoms with Gasteiger partial charge in [0.25, 0.3) is 11.8 Å². The first-order valence-corrected chi connectivity index (χ1v) is 13.2. The minimum Gasteiger partial charge on any atom is -0.493 e. The topological polar surface area (TPSA) is 120 Å². The summed E-state index contributed by atoms with van der Waals surface area (Å²) >= 11 is 0. The fourth-order valence-electron chi connectivity index (χ4n) is 5.15. The molecule has 2 fully saturated rings. The second kappa shape index (κ2) is 10.1. The first-order chi connectivity index (χ1) is 18.8. The number of nitrogens with zero attached hydrogens (tertiary/aromatic N) is 3. The number of aliphatic hydroxyl groups is 1. The van der Waals surface area contributed by atoms with Gasteiger partial charge >= 0.3 is 6.18 Å². The summed E-state index contributed by atoms with van der Waals surface area (Å²) in [4.78, 5) is 39.2. The van der Waals surface area contributed by atoms with Crippen LogP contribution in [0.2, 0.25) is 0 Å². The molecule has 0 bridgehead atoms. The van der Waals surface area contributed by atoms with Crippen LogP contribution in [-0.4, -0.2) is 68.6 Å². The standard InChI is InChI=1S/C28H32F3N5O4/c1-14-21(25(38)35-20-10-36(12-27(20,3)4)26(39)15(2)37)23-24(34-14)22(32-13-33-23)18-9-17(28(29,30)31)7-8-19(18)40-11-16-5-6-16/h7-9,13,15-16,20,34,37H,5-6,10-12H2,1-4H3,(H,35,38)/t15-,20+/m0/s1. The lowest BCUT2D eigenvalue weighted by molar-refractivity contribution is -0.138. The van der Waals surface area contributed by atoms with Gasteiger partial charge in [0.15, 0.2) is 0 Å². The number of nitrogens with one attached hydrogen (secondary N) is 2. The van der Waals surface area contributed by atoms with Crippen LogP contribution in [0.3, 0.4) is 0 Å². The zero-order chi connectivity index (χ0) is 29.0. The number of halogens is 3. The summed E-state index contributed by atoms with van der Waals surface area (Å²) in [6.07, 6.45) is -2.46. The Kier molecular flexibility index (Phi) is 7.01. The van der Waals surface area contributed by atoms with Gasteiger partial charge in [0.1, 0.15) is 29.4 Å². The van der Waals surface area contributed by atoms with Gasteiger partial charge in [-0.2, -0.15) is 13.2 Å². The van der Waals surface area contributed by atoms with E-state index >= 15 is 0 Å². The van der Waals surface area contributed by atoms with Crippen LogP contribution in [-0.2, 0) is 11.0 Å². The molecule has 2 amide bonds. The SMILES string of the molecule is Cc1[nH]c2c(-c3cc(C(F)(F)F)ccc3OCC3CC3)ncnc2c1C(=O)N[C@@H]1CN(C(=O)[C@H](C)O)CC1(C)C. The number of aromatic nitrogens is 3. The van der Waals surface area contributed by atoms with Crippen LogP contribution in [0.15, 0.2) is 24.5 Å². The summed E-state index contributed by atoms with van der Waals surface area (Å²) in [5, 5.41) is 12.7. The van der Waals surface area contributed by atoms with E-state index in [-0.39, 0.29) is 34.6 Å². The lowest BCUT2D eigenvalue weighted by Gasteiger charge is -2.26. The largest absolute Gasteiger partial charge is 0.493 e. The van der Waals surface area contributed by atoms with Gasteiger partial charge in [-0.3, -0.25) is 9.59 Å². The van der Waals surface area contributed by atoms with E-state index in [9.17, 15) is 27.9 Å². The molecule has 0 unspecified atom stereocenters. The molecule has 1 aromatic carbocycles. The van der Waals surface area contributed by atoms with Crippen molar-refractivity contribution in [2.75, 3.05) is 19.7 Å². The number of benzene rings is 1. The normalized spacial score (nSPS) is 19.6. The summed E-state index contributed by atoms with van der Waals surface area (Å²) in [6.45, 7) is 7.92. The first-order valence-electron chi connectivity index (χ1n) is 13.2. The number of amides is 2. The van der Waals surface area contributed by atoms with Gasteiger partial charge < -0.3 is 25.0 Å². The van der Waals surface area contributed by atoms with Crippen molar-refractivity contribution in [3.63, 3.8) is 0 Å². The van der Waals surface area contributed by atoms with Crippen LogP contribution in [0, 0.1) is 18.3 Å². The van der Waals surface area contributed by atoms with Crippen molar-refractivity contribution in [3.05, 3.63) is 41.3 Å². The Morgan fingerprint density at radius 1 is 1.27 bits per heavy atom. The maximum Gasteiger partial charge on any atom is 0.416 e. The molecule has 0 spiro atoms. The Morgan fingerprint density at radius 3 is 2.65 bits per heavy atom. The molecule has 3 heterocycles. The molecule has 1 aliphatic carbocycles. The molecule has 3 aromatic rings. The number of aromatic amines is 1. The molecule has 214 valence electrons. The number of likely N-dealkylation sites (tertiary alicyclic amines) is 1. The number of fused-ring (bicyclic) bond motifs is 1. The van der Waals surface area contributed by atoms with Crippen molar-refractivity contribution < 1.29 is 32.6 Å². The highest BCUT2D eigenvalue weighted by Gasteiger charge is 2.43. The quantitative estimate of drug-likeness (QED) is 0.401. The fraction of sp³-hybridized carbons (Fsp3) is 0.500. The van der Waals surface area contributed by atoms with Gasteiger partial charge in [-0.25, -0.2) is 9.97 Å². The van der Waals surface area contributed by atoms with E-state index in [4.69, 9.17) is 4.74 Å². The van der Waals surface area contributed by atoms with Crippen molar-refractivity contribution in [2.24, 2.45) is 11.3 Å². The highest BCUT2D eigenvalue weighted by molar-refractivity contribution is 6.09. The molecule has 2 atom stereocenters. The van der Waals surface area contributed by atoms with Crippen molar-refractivity contribution in [3.8, 4) is 17.0 Å². The van der Waals surface area contributed by atoms with E-state index in [2.05, 4.69) is 20.3 Å². The average molecular weight is 560 g/mol. The Morgan fingerprint density at radius 2 is 2.00 bits per heavy atom. The Labute approximate surface area is 229 Å². The highest BCUT2D eigenvalue weighted by Crippen LogP contribution is 2.40. The lowest BCUT2D eigenvalue weighted by atomic mass is 9.87. The predicted molar refractivity (Wildman–Crippen MR) is 141 cm³/mol. The Hall–Kier alpha value is -3.67. The minimum atomic E-state index is -4.57. The maximum absolute atomic E-state index is 13.6. The number of ether oxygens (including phenoxy) is 1. The van der Waals surface area contributed by atoms with Crippen LogP contribution >= 0.6 is 0 Å². The van der Waals surface area contributed by atoms with E-state index in [1.54, 1.807) is 6.92 Å². The number of hydrogen-bond donors (Lipinski definition) is 3. The molecular weight excluding hydrogens is 527 g/mol. The van der Waals surface area contributed by atoms with E-state index in [1.807, 2.05) is 13.8 Å². The number of aliphatic hydroxyl groups excluding tert-OH is 1. The zero-order valence-electron chi connectivity index (χ0n) is 22.7. The third-order valence-electron chi connectivity index (χ3n) is 7.65. The molecule has 2 aliphatic rings. The van der Waals surface area contributed by atoms with E-state index in [1.165, 1.54) is 24.2 Å². The second-order valence-electron chi connectivity index (χ2n) is 11.4. The molecule has 1 aliphatic heterocycles. The molecule has 5 rings (SSSR count). The molecule has 1 saturated heterocycles. The number of carbonyl (C=O) groups excluding carboxylic acids is 2. The summed E-state index contributed by atoms with van der Waals surface area (Å²) in [5.74, 6) is -0.192. The molecule has 12 heteroatoms. The molecule has 3 N–H and O–H groups in total. The molecule has 9 nitrogen and oxygen atoms in total. The van der Waals surface area contributed by atoms with E-state index in [0.717, 1.165) is 25.0 Å². The van der Waals surface area contributed by atoms with E-state index in [0.29, 0.717) is 30.3 Å². The van der Waals surface area contributed by atoms with Crippen molar-refractivity contribution in [1.29, 1.82) is 0 Å². The van der Waals surface area contributed by atoms with Crippen LogP contribution in [0.4, 0.5) is 13.2 Å².